The molecule has 2 N–H and O–H groups in total. The van der Waals surface area contributed by atoms with E-state index in [2.05, 4.69) is 36.1 Å². The Bertz CT molecular complexity index is 340. The molecular weight excluding hydrogens is 216 g/mol. The Morgan fingerprint density at radius 1 is 1.44 bits per heavy atom. The average molecular weight is 236 g/mol. The summed E-state index contributed by atoms with van der Waals surface area (Å²) in [5, 5.41) is 0.596. The van der Waals surface area contributed by atoms with Crippen molar-refractivity contribution in [1.29, 1.82) is 0 Å². The first-order valence-electron chi connectivity index (χ1n) is 5.99. The summed E-state index contributed by atoms with van der Waals surface area (Å²) < 4.78 is 0. The van der Waals surface area contributed by atoms with Crippen LogP contribution in [0.25, 0.3) is 0 Å². The monoisotopic (exact) mass is 236 g/mol. The number of para-hydroxylation sites is 1. The molecular formula is C13H20N2S. The smallest absolute Gasteiger partial charge is 0.0399 e. The fourth-order valence-corrected chi connectivity index (χ4v) is 3.28. The predicted molar refractivity (Wildman–Crippen MR) is 73.3 cm³/mol. The molecule has 3 heteroatoms. The first kappa shape index (κ1) is 11.8. The van der Waals surface area contributed by atoms with E-state index in [1.807, 2.05) is 11.8 Å². The van der Waals surface area contributed by atoms with Gasteiger partial charge in [-0.25, -0.2) is 0 Å². The Morgan fingerprint density at radius 3 is 3.00 bits per heavy atom. The maximum Gasteiger partial charge on any atom is 0.0399 e. The molecule has 0 bridgehead atoms. The minimum Gasteiger partial charge on any atom is -0.369 e. The molecule has 0 aliphatic carbocycles. The molecule has 1 aliphatic rings. The SMILES string of the molecule is CCc1ccccc1N1CCSC(CN)C1. The second-order valence-electron chi connectivity index (χ2n) is 4.16. The number of nitrogens with zero attached hydrogens (tertiary/aromatic N) is 1. The van der Waals surface area contributed by atoms with Crippen LogP contribution in [0.4, 0.5) is 5.69 Å². The van der Waals surface area contributed by atoms with Gasteiger partial charge in [0.25, 0.3) is 0 Å². The van der Waals surface area contributed by atoms with Crippen molar-refractivity contribution >= 4 is 17.4 Å². The van der Waals surface area contributed by atoms with Gasteiger partial charge in [-0.2, -0.15) is 11.8 Å². The summed E-state index contributed by atoms with van der Waals surface area (Å²) in [6.07, 6.45) is 1.10. The molecule has 1 atom stereocenters. The van der Waals surface area contributed by atoms with Crippen molar-refractivity contribution in [3.63, 3.8) is 0 Å². The van der Waals surface area contributed by atoms with E-state index < -0.39 is 0 Å². The quantitative estimate of drug-likeness (QED) is 0.872. The molecule has 0 amide bonds. The molecule has 1 saturated heterocycles. The van der Waals surface area contributed by atoms with Gasteiger partial charge in [-0.05, 0) is 18.1 Å². The van der Waals surface area contributed by atoms with Crippen LogP contribution in [0, 0.1) is 0 Å². The van der Waals surface area contributed by atoms with Crippen LogP contribution in [-0.2, 0) is 6.42 Å². The average Bonchev–Trinajstić information content (AvgIpc) is 2.38. The number of aryl methyl sites for hydroxylation is 1. The third-order valence-corrected chi connectivity index (χ3v) is 4.35. The molecule has 0 aromatic heterocycles. The minimum absolute atomic E-state index is 0.596. The van der Waals surface area contributed by atoms with E-state index in [1.54, 1.807) is 0 Å². The topological polar surface area (TPSA) is 29.3 Å². The zero-order valence-corrected chi connectivity index (χ0v) is 10.7. The van der Waals surface area contributed by atoms with Crippen LogP contribution in [-0.4, -0.2) is 30.6 Å². The molecule has 0 radical (unpaired) electrons. The number of thioether (sulfide) groups is 1. The lowest BCUT2D eigenvalue weighted by molar-refractivity contribution is 0.745. The van der Waals surface area contributed by atoms with Gasteiger partial charge in [-0.1, -0.05) is 25.1 Å². The highest BCUT2D eigenvalue weighted by Crippen LogP contribution is 2.26. The first-order chi connectivity index (χ1) is 7.85. The zero-order chi connectivity index (χ0) is 11.4. The molecule has 0 spiro atoms. The number of hydrogen-bond donors (Lipinski definition) is 1. The van der Waals surface area contributed by atoms with Gasteiger partial charge in [-0.3, -0.25) is 0 Å². The van der Waals surface area contributed by atoms with Crippen molar-refractivity contribution in [2.24, 2.45) is 5.73 Å². The fraction of sp³-hybridized carbons (Fsp3) is 0.538. The summed E-state index contributed by atoms with van der Waals surface area (Å²) in [4.78, 5) is 2.49. The van der Waals surface area contributed by atoms with E-state index in [0.717, 1.165) is 26.1 Å². The molecule has 1 aromatic rings. The molecule has 16 heavy (non-hydrogen) atoms. The summed E-state index contributed by atoms with van der Waals surface area (Å²) in [6.45, 7) is 5.25. The van der Waals surface area contributed by atoms with Gasteiger partial charge >= 0.3 is 0 Å². The maximum absolute atomic E-state index is 5.77. The third-order valence-electron chi connectivity index (χ3n) is 3.11. The molecule has 2 rings (SSSR count). The molecule has 2 nitrogen and oxygen atoms in total. The van der Waals surface area contributed by atoms with Gasteiger partial charge < -0.3 is 10.6 Å². The van der Waals surface area contributed by atoms with Crippen LogP contribution in [0.2, 0.25) is 0 Å². The van der Waals surface area contributed by atoms with Gasteiger partial charge in [0.15, 0.2) is 0 Å². The Hall–Kier alpha value is -0.670. The van der Waals surface area contributed by atoms with E-state index in [1.165, 1.54) is 17.0 Å². The van der Waals surface area contributed by atoms with E-state index in [0.29, 0.717) is 5.25 Å². The van der Waals surface area contributed by atoms with E-state index in [4.69, 9.17) is 5.73 Å². The number of anilines is 1. The largest absolute Gasteiger partial charge is 0.369 e. The predicted octanol–water partition coefficient (Wildman–Crippen LogP) is 2.13. The van der Waals surface area contributed by atoms with Crippen molar-refractivity contribution in [2.75, 3.05) is 30.3 Å². The third kappa shape index (κ3) is 2.53. The lowest BCUT2D eigenvalue weighted by Gasteiger charge is -2.34. The molecule has 1 aliphatic heterocycles. The lowest BCUT2D eigenvalue weighted by atomic mass is 10.1. The van der Waals surface area contributed by atoms with Crippen LogP contribution >= 0.6 is 11.8 Å². The summed E-state index contributed by atoms with van der Waals surface area (Å²) in [5.41, 5.74) is 8.62. The van der Waals surface area contributed by atoms with Crippen molar-refractivity contribution in [1.82, 2.24) is 0 Å². The summed E-state index contributed by atoms with van der Waals surface area (Å²) in [7, 11) is 0. The highest BCUT2D eigenvalue weighted by Gasteiger charge is 2.20. The standard InChI is InChI=1S/C13H20N2S/c1-2-11-5-3-4-6-13(11)15-7-8-16-12(9-14)10-15/h3-6,12H,2,7-10,14H2,1H3. The molecule has 1 fully saturated rings. The lowest BCUT2D eigenvalue weighted by Crippen LogP contribution is -2.41. The van der Waals surface area contributed by atoms with Crippen LogP contribution in [0.3, 0.4) is 0 Å². The number of rotatable bonds is 3. The Morgan fingerprint density at radius 2 is 2.25 bits per heavy atom. The van der Waals surface area contributed by atoms with Crippen LogP contribution in [0.1, 0.15) is 12.5 Å². The highest BCUT2D eigenvalue weighted by molar-refractivity contribution is 8.00. The Kier molecular flexibility index (Phi) is 4.13. The van der Waals surface area contributed by atoms with Crippen LogP contribution < -0.4 is 10.6 Å². The fourth-order valence-electron chi connectivity index (χ4n) is 2.20. The van der Waals surface area contributed by atoms with Crippen LogP contribution in [0.5, 0.6) is 0 Å². The summed E-state index contributed by atoms with van der Waals surface area (Å²) in [6, 6.07) is 8.73. The Labute approximate surface area is 102 Å². The highest BCUT2D eigenvalue weighted by atomic mass is 32.2. The van der Waals surface area contributed by atoms with Gasteiger partial charge in [0, 0.05) is 36.3 Å². The minimum atomic E-state index is 0.596. The molecule has 88 valence electrons. The second-order valence-corrected chi connectivity index (χ2v) is 5.57. The molecule has 1 aromatic carbocycles. The van der Waals surface area contributed by atoms with Crippen LogP contribution in [0.15, 0.2) is 24.3 Å². The summed E-state index contributed by atoms with van der Waals surface area (Å²) >= 11 is 2.01. The van der Waals surface area contributed by atoms with Gasteiger partial charge in [-0.15, -0.1) is 0 Å². The van der Waals surface area contributed by atoms with Gasteiger partial charge in [0.1, 0.15) is 0 Å². The normalized spacial score (nSPS) is 21.1. The number of hydrogen-bond acceptors (Lipinski definition) is 3. The number of benzene rings is 1. The van der Waals surface area contributed by atoms with Crippen molar-refractivity contribution < 1.29 is 0 Å². The van der Waals surface area contributed by atoms with Crippen molar-refractivity contribution in [3.05, 3.63) is 29.8 Å². The second kappa shape index (κ2) is 5.60. The van der Waals surface area contributed by atoms with E-state index in [9.17, 15) is 0 Å². The van der Waals surface area contributed by atoms with E-state index >= 15 is 0 Å². The number of nitrogens with two attached hydrogens (primary N) is 1. The van der Waals surface area contributed by atoms with Crippen molar-refractivity contribution in [3.8, 4) is 0 Å². The van der Waals surface area contributed by atoms with Gasteiger partial charge in [0.05, 0.1) is 0 Å². The first-order valence-corrected chi connectivity index (χ1v) is 7.04. The van der Waals surface area contributed by atoms with Gasteiger partial charge in [0.2, 0.25) is 0 Å². The molecule has 1 heterocycles. The summed E-state index contributed by atoms with van der Waals surface area (Å²) in [5.74, 6) is 1.19. The molecule has 1 unspecified atom stereocenters. The zero-order valence-electron chi connectivity index (χ0n) is 9.86. The maximum atomic E-state index is 5.77. The van der Waals surface area contributed by atoms with E-state index in [-0.39, 0.29) is 0 Å². The van der Waals surface area contributed by atoms with Crippen molar-refractivity contribution in [2.45, 2.75) is 18.6 Å². The Balaban J connectivity index is 2.16. The molecule has 0 saturated carbocycles.